The van der Waals surface area contributed by atoms with E-state index in [0.717, 1.165) is 21.4 Å². The van der Waals surface area contributed by atoms with Gasteiger partial charge < -0.3 is 9.64 Å². The van der Waals surface area contributed by atoms with Crippen LogP contribution in [0.4, 0.5) is 5.69 Å². The first-order valence-electron chi connectivity index (χ1n) is 6.38. The molecular formula is C14H13BrClN3O2. The molecule has 0 fully saturated rings. The second-order valence-corrected chi connectivity index (χ2v) is 6.13. The third kappa shape index (κ3) is 2.53. The predicted octanol–water partition coefficient (Wildman–Crippen LogP) is 3.07. The summed E-state index contributed by atoms with van der Waals surface area (Å²) < 4.78 is 7.96. The average molecular weight is 371 g/mol. The van der Waals surface area contributed by atoms with E-state index >= 15 is 0 Å². The van der Waals surface area contributed by atoms with Crippen molar-refractivity contribution in [1.82, 2.24) is 9.78 Å². The molecule has 0 spiro atoms. The molecule has 2 heterocycles. The van der Waals surface area contributed by atoms with Crippen molar-refractivity contribution in [2.24, 2.45) is 7.05 Å². The lowest BCUT2D eigenvalue weighted by molar-refractivity contribution is -0.121. The molecule has 5 nitrogen and oxygen atoms in total. The zero-order valence-electron chi connectivity index (χ0n) is 11.6. The van der Waals surface area contributed by atoms with Crippen LogP contribution >= 0.6 is 27.5 Å². The lowest BCUT2D eigenvalue weighted by atomic mass is 10.2. The van der Waals surface area contributed by atoms with Gasteiger partial charge >= 0.3 is 0 Å². The fourth-order valence-electron chi connectivity index (χ4n) is 2.36. The Balaban J connectivity index is 2.02. The Morgan fingerprint density at radius 3 is 2.90 bits per heavy atom. The number of anilines is 1. The minimum atomic E-state index is -0.0973. The van der Waals surface area contributed by atoms with Gasteiger partial charge in [-0.3, -0.25) is 9.48 Å². The van der Waals surface area contributed by atoms with E-state index in [-0.39, 0.29) is 12.5 Å². The minimum Gasteiger partial charge on any atom is -0.482 e. The van der Waals surface area contributed by atoms with E-state index in [1.165, 1.54) is 0 Å². The van der Waals surface area contributed by atoms with E-state index in [2.05, 4.69) is 21.0 Å². The normalized spacial score (nSPS) is 14.1. The van der Waals surface area contributed by atoms with Gasteiger partial charge in [0.2, 0.25) is 0 Å². The van der Waals surface area contributed by atoms with E-state index in [4.69, 9.17) is 16.3 Å². The van der Waals surface area contributed by atoms with Crippen molar-refractivity contribution < 1.29 is 9.53 Å². The number of hydrogen-bond acceptors (Lipinski definition) is 3. The number of fused-ring (bicyclic) bond motifs is 1. The van der Waals surface area contributed by atoms with Crippen LogP contribution in [0.2, 0.25) is 5.15 Å². The third-order valence-corrected chi connectivity index (χ3v) is 4.42. The van der Waals surface area contributed by atoms with Crippen LogP contribution in [0.15, 0.2) is 22.7 Å². The van der Waals surface area contributed by atoms with Crippen molar-refractivity contribution in [2.45, 2.75) is 13.5 Å². The predicted molar refractivity (Wildman–Crippen MR) is 83.8 cm³/mol. The summed E-state index contributed by atoms with van der Waals surface area (Å²) in [7, 11) is 1.78. The highest BCUT2D eigenvalue weighted by atomic mass is 79.9. The number of carbonyl (C=O) groups excluding carboxylic acids is 1. The summed E-state index contributed by atoms with van der Waals surface area (Å²) in [6.45, 7) is 2.30. The molecule has 21 heavy (non-hydrogen) atoms. The summed E-state index contributed by atoms with van der Waals surface area (Å²) in [6.07, 6.45) is 0. The average Bonchev–Trinajstić information content (AvgIpc) is 2.68. The van der Waals surface area contributed by atoms with Gasteiger partial charge in [0.15, 0.2) is 6.61 Å². The van der Waals surface area contributed by atoms with Crippen LogP contribution in [0, 0.1) is 6.92 Å². The highest BCUT2D eigenvalue weighted by Gasteiger charge is 2.27. The maximum Gasteiger partial charge on any atom is 0.265 e. The molecule has 110 valence electrons. The smallest absolute Gasteiger partial charge is 0.265 e. The van der Waals surface area contributed by atoms with Gasteiger partial charge in [-0.1, -0.05) is 27.5 Å². The van der Waals surface area contributed by atoms with E-state index in [9.17, 15) is 4.79 Å². The molecular weight excluding hydrogens is 358 g/mol. The fraction of sp³-hybridized carbons (Fsp3) is 0.286. The Kier molecular flexibility index (Phi) is 3.67. The molecule has 1 aliphatic rings. The summed E-state index contributed by atoms with van der Waals surface area (Å²) in [5.74, 6) is 0.593. The highest BCUT2D eigenvalue weighted by Crippen LogP contribution is 2.36. The summed E-state index contributed by atoms with van der Waals surface area (Å²) in [6, 6.07) is 5.59. The van der Waals surface area contributed by atoms with Gasteiger partial charge in [-0.05, 0) is 25.1 Å². The fourth-order valence-corrected chi connectivity index (χ4v) is 2.94. The Bertz CT molecular complexity index is 729. The Morgan fingerprint density at radius 1 is 1.48 bits per heavy atom. The van der Waals surface area contributed by atoms with Crippen LogP contribution < -0.4 is 9.64 Å². The molecule has 1 amide bonds. The largest absolute Gasteiger partial charge is 0.482 e. The van der Waals surface area contributed by atoms with E-state index in [0.29, 0.717) is 17.4 Å². The van der Waals surface area contributed by atoms with Crippen LogP contribution in [-0.2, 0) is 18.4 Å². The van der Waals surface area contributed by atoms with Gasteiger partial charge in [-0.15, -0.1) is 0 Å². The molecule has 0 saturated heterocycles. The van der Waals surface area contributed by atoms with Crippen LogP contribution in [0.5, 0.6) is 5.75 Å². The van der Waals surface area contributed by atoms with Gasteiger partial charge in [0, 0.05) is 17.1 Å². The molecule has 0 bridgehead atoms. The number of nitrogens with zero attached hydrogens (tertiary/aromatic N) is 3. The number of rotatable bonds is 2. The van der Waals surface area contributed by atoms with Crippen molar-refractivity contribution >= 4 is 39.1 Å². The second kappa shape index (κ2) is 5.35. The number of ether oxygens (including phenoxy) is 1. The SMILES string of the molecule is Cc1nn(C)c(Cl)c1CN1C(=O)COc2ccc(Br)cc21. The number of benzene rings is 1. The summed E-state index contributed by atoms with van der Waals surface area (Å²) in [5, 5.41) is 4.83. The van der Waals surface area contributed by atoms with Crippen LogP contribution in [0.25, 0.3) is 0 Å². The maximum atomic E-state index is 12.2. The van der Waals surface area contributed by atoms with E-state index in [1.54, 1.807) is 16.6 Å². The van der Waals surface area contributed by atoms with Crippen LogP contribution in [0.1, 0.15) is 11.3 Å². The molecule has 7 heteroatoms. The standard InChI is InChI=1S/C14H13BrClN3O2/c1-8-10(14(16)18(2)17-8)6-19-11-5-9(15)3-4-12(11)21-7-13(19)20/h3-5H,6-7H2,1-2H3. The molecule has 1 aromatic heterocycles. The highest BCUT2D eigenvalue weighted by molar-refractivity contribution is 9.10. The second-order valence-electron chi connectivity index (χ2n) is 4.86. The Morgan fingerprint density at radius 2 is 2.24 bits per heavy atom. The minimum absolute atomic E-state index is 0.0333. The molecule has 1 aliphatic heterocycles. The first kappa shape index (κ1) is 14.4. The quantitative estimate of drug-likeness (QED) is 0.816. The lowest BCUT2D eigenvalue weighted by Gasteiger charge is -2.29. The van der Waals surface area contributed by atoms with Gasteiger partial charge in [-0.2, -0.15) is 5.10 Å². The zero-order chi connectivity index (χ0) is 15.1. The Hall–Kier alpha value is -1.53. The molecule has 0 saturated carbocycles. The van der Waals surface area contributed by atoms with E-state index in [1.807, 2.05) is 25.1 Å². The van der Waals surface area contributed by atoms with Gasteiger partial charge in [0.1, 0.15) is 10.9 Å². The van der Waals surface area contributed by atoms with Crippen molar-refractivity contribution in [2.75, 3.05) is 11.5 Å². The number of hydrogen-bond donors (Lipinski definition) is 0. The zero-order valence-corrected chi connectivity index (χ0v) is 13.9. The lowest BCUT2D eigenvalue weighted by Crippen LogP contribution is -2.38. The molecule has 0 atom stereocenters. The van der Waals surface area contributed by atoms with Gasteiger partial charge in [-0.25, -0.2) is 0 Å². The maximum absolute atomic E-state index is 12.2. The molecule has 0 radical (unpaired) electrons. The topological polar surface area (TPSA) is 47.4 Å². The molecule has 0 N–H and O–H groups in total. The summed E-state index contributed by atoms with van der Waals surface area (Å²) in [5.41, 5.74) is 2.40. The first-order valence-corrected chi connectivity index (χ1v) is 7.55. The number of halogens is 2. The molecule has 2 aromatic rings. The van der Waals surface area contributed by atoms with Gasteiger partial charge in [0.25, 0.3) is 5.91 Å². The summed E-state index contributed by atoms with van der Waals surface area (Å²) in [4.78, 5) is 13.9. The number of carbonyl (C=O) groups is 1. The van der Waals surface area contributed by atoms with Crippen molar-refractivity contribution in [3.63, 3.8) is 0 Å². The molecule has 0 aliphatic carbocycles. The number of aryl methyl sites for hydroxylation is 2. The number of aromatic nitrogens is 2. The molecule has 1 aromatic carbocycles. The molecule has 0 unspecified atom stereocenters. The van der Waals surface area contributed by atoms with Crippen molar-refractivity contribution in [3.05, 3.63) is 39.1 Å². The van der Waals surface area contributed by atoms with Crippen molar-refractivity contribution in [3.8, 4) is 5.75 Å². The van der Waals surface area contributed by atoms with Gasteiger partial charge in [0.05, 0.1) is 17.9 Å². The Labute approximate surface area is 135 Å². The van der Waals surface area contributed by atoms with Crippen LogP contribution in [-0.4, -0.2) is 22.3 Å². The van der Waals surface area contributed by atoms with Crippen LogP contribution in [0.3, 0.4) is 0 Å². The van der Waals surface area contributed by atoms with Crippen molar-refractivity contribution in [1.29, 1.82) is 0 Å². The summed E-state index contributed by atoms with van der Waals surface area (Å²) >= 11 is 9.68. The van der Waals surface area contributed by atoms with E-state index < -0.39 is 0 Å². The third-order valence-electron chi connectivity index (χ3n) is 3.45. The molecule has 3 rings (SSSR count). The first-order chi connectivity index (χ1) is 9.97. The monoisotopic (exact) mass is 369 g/mol. The number of amides is 1.